The molecule has 2 heterocycles. The maximum atomic E-state index is 15.1. The number of fused-ring (bicyclic) bond motifs is 2. The van der Waals surface area contributed by atoms with Crippen LogP contribution in [0.2, 0.25) is 0 Å². The number of phenolic OH excluding ortho intramolecular Hbond substituents is 1. The zero-order chi connectivity index (χ0) is 53.7. The number of cyclic esters (lactones) is 1. The SMILES string of the molecule is CCCC(=O)NC(C)C(=O)NC(C(=O)NC1C(=O)NC(CC(C)C)C(=O)NC2CCC(O)N(C2=O)C(Cc2ccccc2)C(=O)N(C)C(Cc2ccc(O)c(Br)c2)C(=O)NC(C(C)C)C(=O)OC1C)C(C)O. The minimum absolute atomic E-state index is 0.00594. The number of phenols is 1. The average Bonchev–Trinajstić information content (AvgIpc) is 3.31. The first-order chi connectivity index (χ1) is 33.8. The number of rotatable bonds is 15. The van der Waals surface area contributed by atoms with Gasteiger partial charge < -0.3 is 61.8 Å². The van der Waals surface area contributed by atoms with E-state index in [0.29, 0.717) is 17.5 Å². The molecule has 2 aromatic carbocycles. The highest BCUT2D eigenvalue weighted by Crippen LogP contribution is 2.28. The minimum atomic E-state index is -1.83. The van der Waals surface area contributed by atoms with Crippen LogP contribution >= 0.6 is 15.9 Å². The van der Waals surface area contributed by atoms with E-state index in [-0.39, 0.29) is 54.7 Å². The van der Waals surface area contributed by atoms with Crippen molar-refractivity contribution in [1.82, 2.24) is 41.7 Å². The number of aliphatic hydroxyl groups excluding tert-OH is 2. The van der Waals surface area contributed by atoms with E-state index in [0.717, 1.165) is 9.80 Å². The summed E-state index contributed by atoms with van der Waals surface area (Å²) in [7, 11) is 1.35. The van der Waals surface area contributed by atoms with Gasteiger partial charge in [0.25, 0.3) is 0 Å². The summed E-state index contributed by atoms with van der Waals surface area (Å²) in [5.74, 6) is -8.81. The van der Waals surface area contributed by atoms with E-state index < -0.39 is 126 Å². The molecule has 2 aliphatic rings. The smallest absolute Gasteiger partial charge is 0.329 e. The molecule has 21 nitrogen and oxygen atoms in total. The first-order valence-electron chi connectivity index (χ1n) is 24.3. The molecule has 2 saturated heterocycles. The third-order valence-electron chi connectivity index (χ3n) is 12.6. The van der Waals surface area contributed by atoms with Gasteiger partial charge in [0.1, 0.15) is 66.4 Å². The van der Waals surface area contributed by atoms with Gasteiger partial charge in [-0.2, -0.15) is 0 Å². The Balaban J connectivity index is 1.86. The maximum Gasteiger partial charge on any atom is 0.329 e. The van der Waals surface area contributed by atoms with Crippen LogP contribution in [0, 0.1) is 11.8 Å². The van der Waals surface area contributed by atoms with Crippen molar-refractivity contribution < 1.29 is 63.2 Å². The highest BCUT2D eigenvalue weighted by atomic mass is 79.9. The summed E-state index contributed by atoms with van der Waals surface area (Å²) < 4.78 is 6.15. The molecule has 0 radical (unpaired) electrons. The summed E-state index contributed by atoms with van der Waals surface area (Å²) in [6.07, 6.45) is -4.50. The molecule has 72 heavy (non-hydrogen) atoms. The number of amides is 8. The zero-order valence-electron chi connectivity index (χ0n) is 42.3. The van der Waals surface area contributed by atoms with Gasteiger partial charge in [-0.1, -0.05) is 71.0 Å². The number of halogens is 1. The number of piperidine rings is 1. The Kier molecular flexibility index (Phi) is 21.5. The molecular weight excluding hydrogens is 1000 g/mol. The van der Waals surface area contributed by atoms with Gasteiger partial charge in [-0.25, -0.2) is 4.79 Å². The van der Waals surface area contributed by atoms with Gasteiger partial charge in [0.2, 0.25) is 47.3 Å². The molecule has 11 unspecified atom stereocenters. The second-order valence-electron chi connectivity index (χ2n) is 19.3. The van der Waals surface area contributed by atoms with Crippen LogP contribution in [0.15, 0.2) is 53.0 Å². The van der Waals surface area contributed by atoms with Crippen LogP contribution in [0.1, 0.15) is 98.6 Å². The quantitative estimate of drug-likeness (QED) is 0.112. The van der Waals surface area contributed by atoms with E-state index in [9.17, 15) is 53.7 Å². The fourth-order valence-corrected chi connectivity index (χ4v) is 8.90. The Morgan fingerprint density at radius 2 is 1.47 bits per heavy atom. The number of benzene rings is 2. The normalized spacial score (nSPS) is 25.1. The lowest BCUT2D eigenvalue weighted by Gasteiger charge is -2.43. The van der Waals surface area contributed by atoms with Crippen molar-refractivity contribution in [2.24, 2.45) is 11.8 Å². The number of nitrogens with one attached hydrogen (secondary N) is 6. The van der Waals surface area contributed by atoms with Crippen LogP contribution in [0.25, 0.3) is 0 Å². The van der Waals surface area contributed by atoms with Gasteiger partial charge in [-0.3, -0.25) is 38.4 Å². The van der Waals surface area contributed by atoms with Crippen molar-refractivity contribution in [3.63, 3.8) is 0 Å². The predicted molar refractivity (Wildman–Crippen MR) is 266 cm³/mol. The molecule has 2 aliphatic heterocycles. The topological polar surface area (TPSA) is 302 Å². The Bertz CT molecular complexity index is 2280. The third kappa shape index (κ3) is 15.7. The molecular formula is C50H71BrN8O13. The number of esters is 1. The number of hydrogen-bond acceptors (Lipinski definition) is 13. The number of nitrogens with zero attached hydrogens (tertiary/aromatic N) is 2. The first-order valence-corrected chi connectivity index (χ1v) is 25.1. The highest BCUT2D eigenvalue weighted by Gasteiger charge is 2.46. The summed E-state index contributed by atoms with van der Waals surface area (Å²) in [6, 6.07) is 1.44. The van der Waals surface area contributed by atoms with E-state index in [2.05, 4.69) is 47.8 Å². The standard InChI is InChI=1S/C50H71BrN8O13/c1-10-14-38(62)52-27(6)43(64)56-41(28(7)60)46(67)57-42-29(8)72-50(71)40(26(4)5)55-45(66)35(24-31-17-19-37(61)32(51)22-31)58(9)49(70)36(23-30-15-12-11-13-16-30)59-39(63)20-18-33(48(59)69)53-44(65)34(21-25(2)3)54-47(42)68/h11-13,15-17,19,22,25-29,33-36,39-42,60-61,63H,10,14,18,20-21,23-24H2,1-9H3,(H,52,62)(H,53,65)(H,54,68)(H,55,66)(H,56,64)(H,57,67). The predicted octanol–water partition coefficient (Wildman–Crippen LogP) is 0.833. The summed E-state index contributed by atoms with van der Waals surface area (Å²) in [4.78, 5) is 129. The van der Waals surface area contributed by atoms with Crippen LogP contribution in [-0.2, 0) is 60.7 Å². The Labute approximate surface area is 428 Å². The molecule has 0 aliphatic carbocycles. The lowest BCUT2D eigenvalue weighted by Crippen LogP contribution is -2.65. The summed E-state index contributed by atoms with van der Waals surface area (Å²) >= 11 is 3.29. The Morgan fingerprint density at radius 1 is 0.819 bits per heavy atom. The second-order valence-corrected chi connectivity index (χ2v) is 20.2. The monoisotopic (exact) mass is 1070 g/mol. The number of aromatic hydroxyl groups is 1. The van der Waals surface area contributed by atoms with Gasteiger partial charge in [-0.05, 0) is 97.5 Å². The zero-order valence-corrected chi connectivity index (χ0v) is 43.9. The number of aliphatic hydroxyl groups is 2. The number of ether oxygens (including phenoxy) is 1. The largest absolute Gasteiger partial charge is 0.507 e. The highest BCUT2D eigenvalue weighted by molar-refractivity contribution is 9.10. The molecule has 11 atom stereocenters. The average molecular weight is 1070 g/mol. The van der Waals surface area contributed by atoms with Crippen molar-refractivity contribution in [2.45, 2.75) is 167 Å². The van der Waals surface area contributed by atoms with Gasteiger partial charge in [0.15, 0.2) is 0 Å². The molecule has 4 rings (SSSR count). The third-order valence-corrected chi connectivity index (χ3v) is 13.2. The lowest BCUT2D eigenvalue weighted by molar-refractivity contribution is -0.165. The van der Waals surface area contributed by atoms with E-state index in [1.165, 1.54) is 40.0 Å². The van der Waals surface area contributed by atoms with E-state index in [4.69, 9.17) is 4.74 Å². The second kappa shape index (κ2) is 26.5. The molecule has 396 valence electrons. The van der Waals surface area contributed by atoms with Crippen LogP contribution in [0.3, 0.4) is 0 Å². The molecule has 0 spiro atoms. The number of likely N-dealkylation sites (N-methyl/N-ethyl adjacent to an activating group) is 1. The number of carbonyl (C=O) groups is 9. The number of hydrogen-bond donors (Lipinski definition) is 9. The molecule has 0 saturated carbocycles. The molecule has 22 heteroatoms. The Hall–Kier alpha value is -6.13. The van der Waals surface area contributed by atoms with Gasteiger partial charge in [0.05, 0.1) is 10.6 Å². The lowest BCUT2D eigenvalue weighted by atomic mass is 9.95. The summed E-state index contributed by atoms with van der Waals surface area (Å²) in [6.45, 7) is 12.4. The first kappa shape index (κ1) is 58.4. The fourth-order valence-electron chi connectivity index (χ4n) is 8.47. The van der Waals surface area contributed by atoms with Crippen LogP contribution in [0.5, 0.6) is 5.75 Å². The molecule has 0 aromatic heterocycles. The Morgan fingerprint density at radius 3 is 2.07 bits per heavy atom. The molecule has 8 amide bonds. The van der Waals surface area contributed by atoms with Gasteiger partial charge >= 0.3 is 5.97 Å². The molecule has 9 N–H and O–H groups in total. The fraction of sp³-hybridized carbons (Fsp3) is 0.580. The van der Waals surface area contributed by atoms with Crippen LogP contribution < -0.4 is 31.9 Å². The van der Waals surface area contributed by atoms with Crippen LogP contribution in [-0.4, -0.2) is 152 Å². The van der Waals surface area contributed by atoms with Gasteiger partial charge in [0, 0.05) is 26.3 Å². The van der Waals surface area contributed by atoms with E-state index >= 15 is 4.79 Å². The van der Waals surface area contributed by atoms with Crippen molar-refractivity contribution in [3.05, 3.63) is 64.1 Å². The van der Waals surface area contributed by atoms with Crippen molar-refractivity contribution in [2.75, 3.05) is 7.05 Å². The van der Waals surface area contributed by atoms with E-state index in [1.807, 2.05) is 0 Å². The number of carbonyl (C=O) groups excluding carboxylic acids is 9. The minimum Gasteiger partial charge on any atom is -0.507 e. The summed E-state index contributed by atoms with van der Waals surface area (Å²) in [5.41, 5.74) is 1.07. The van der Waals surface area contributed by atoms with Crippen molar-refractivity contribution in [3.8, 4) is 5.75 Å². The molecule has 2 aromatic rings. The van der Waals surface area contributed by atoms with Crippen molar-refractivity contribution in [1.29, 1.82) is 0 Å². The van der Waals surface area contributed by atoms with E-state index in [1.54, 1.807) is 71.0 Å². The van der Waals surface area contributed by atoms with Crippen LogP contribution in [0.4, 0.5) is 0 Å². The molecule has 2 fully saturated rings. The summed E-state index contributed by atoms with van der Waals surface area (Å²) in [5, 5.41) is 48.0. The van der Waals surface area contributed by atoms with Crippen molar-refractivity contribution >= 4 is 69.2 Å². The van der Waals surface area contributed by atoms with Gasteiger partial charge in [-0.15, -0.1) is 0 Å². The maximum absolute atomic E-state index is 15.1. The molecule has 2 bridgehead atoms.